The van der Waals surface area contributed by atoms with E-state index in [0.29, 0.717) is 5.82 Å². The van der Waals surface area contributed by atoms with Gasteiger partial charge in [0.2, 0.25) is 0 Å². The Bertz CT molecular complexity index is 2810. The molecule has 0 saturated carbocycles. The maximum absolute atomic E-state index is 5.21. The van der Waals surface area contributed by atoms with Gasteiger partial charge < -0.3 is 0 Å². The number of pyridine rings is 1. The van der Waals surface area contributed by atoms with Crippen molar-refractivity contribution in [2.24, 2.45) is 0 Å². The lowest BCUT2D eigenvalue weighted by atomic mass is 9.81. The fourth-order valence-electron chi connectivity index (χ4n) is 7.85. The van der Waals surface area contributed by atoms with E-state index in [0.717, 1.165) is 39.2 Å². The van der Waals surface area contributed by atoms with Crippen molar-refractivity contribution >= 4 is 31.5 Å². The molecule has 246 valence electrons. The second-order valence-corrected chi connectivity index (χ2v) is 15.2. The molecule has 1 aliphatic rings. The molecule has 52 heavy (non-hydrogen) atoms. The molecule has 3 nitrogen and oxygen atoms in total. The average Bonchev–Trinajstić information content (AvgIpc) is 3.69. The summed E-state index contributed by atoms with van der Waals surface area (Å²) < 4.78 is 2.57. The van der Waals surface area contributed by atoms with Crippen LogP contribution < -0.4 is 0 Å². The number of hydrogen-bond donors (Lipinski definition) is 0. The number of aromatic nitrogens is 3. The van der Waals surface area contributed by atoms with E-state index in [1.54, 1.807) is 6.20 Å². The van der Waals surface area contributed by atoms with Gasteiger partial charge in [-0.1, -0.05) is 123 Å². The number of rotatable bonds is 5. The molecule has 0 aliphatic heterocycles. The van der Waals surface area contributed by atoms with Crippen LogP contribution in [0.15, 0.2) is 164 Å². The summed E-state index contributed by atoms with van der Waals surface area (Å²) in [6, 6.07) is 54.5. The van der Waals surface area contributed by atoms with Gasteiger partial charge in [-0.2, -0.15) is 0 Å². The van der Waals surface area contributed by atoms with E-state index in [-0.39, 0.29) is 5.41 Å². The van der Waals surface area contributed by atoms with Gasteiger partial charge in [0.05, 0.1) is 11.4 Å². The summed E-state index contributed by atoms with van der Waals surface area (Å²) in [4.78, 5) is 14.8. The lowest BCUT2D eigenvalue weighted by Gasteiger charge is -2.22. The Kier molecular flexibility index (Phi) is 7.02. The lowest BCUT2D eigenvalue weighted by molar-refractivity contribution is 0.660. The van der Waals surface area contributed by atoms with Crippen LogP contribution in [0.3, 0.4) is 0 Å². The molecule has 0 atom stereocenters. The van der Waals surface area contributed by atoms with E-state index < -0.39 is 0 Å². The predicted molar refractivity (Wildman–Crippen MR) is 217 cm³/mol. The van der Waals surface area contributed by atoms with E-state index in [1.165, 1.54) is 53.6 Å². The number of thiophene rings is 1. The van der Waals surface area contributed by atoms with Crippen LogP contribution in [0.2, 0.25) is 0 Å². The molecule has 10 rings (SSSR count). The highest BCUT2D eigenvalue weighted by molar-refractivity contribution is 7.25. The summed E-state index contributed by atoms with van der Waals surface area (Å²) >= 11 is 1.83. The Balaban J connectivity index is 1.07. The van der Waals surface area contributed by atoms with Crippen molar-refractivity contribution in [1.82, 2.24) is 15.0 Å². The van der Waals surface area contributed by atoms with E-state index >= 15 is 0 Å². The quantitative estimate of drug-likeness (QED) is 0.181. The molecule has 0 saturated heterocycles. The van der Waals surface area contributed by atoms with Crippen LogP contribution in [0.1, 0.15) is 25.0 Å². The van der Waals surface area contributed by atoms with Gasteiger partial charge in [0.25, 0.3) is 0 Å². The average molecular weight is 684 g/mol. The minimum atomic E-state index is -0.0394. The highest BCUT2D eigenvalue weighted by atomic mass is 32.1. The van der Waals surface area contributed by atoms with Crippen LogP contribution in [0.5, 0.6) is 0 Å². The lowest BCUT2D eigenvalue weighted by Crippen LogP contribution is -2.14. The SMILES string of the molecule is CC1(C)c2ccccc2-c2ccc(-c3ccc(-c4cc(-c5ccc6sc7ccccc7c6c5)nc(-c5cccc(-c6cccnc6)c5)n4)cc3)cc21. The van der Waals surface area contributed by atoms with Gasteiger partial charge in [-0.25, -0.2) is 9.97 Å². The van der Waals surface area contributed by atoms with E-state index in [1.807, 2.05) is 23.6 Å². The van der Waals surface area contributed by atoms with E-state index in [4.69, 9.17) is 9.97 Å². The molecule has 3 aromatic heterocycles. The fourth-order valence-corrected chi connectivity index (χ4v) is 8.93. The van der Waals surface area contributed by atoms with Crippen LogP contribution in [0.4, 0.5) is 0 Å². The topological polar surface area (TPSA) is 38.7 Å². The van der Waals surface area contributed by atoms with Crippen molar-refractivity contribution in [3.8, 4) is 67.3 Å². The number of nitrogens with zero attached hydrogens (tertiary/aromatic N) is 3. The third-order valence-electron chi connectivity index (χ3n) is 10.6. The normalized spacial score (nSPS) is 13.0. The monoisotopic (exact) mass is 683 g/mol. The first-order chi connectivity index (χ1) is 25.5. The second-order valence-electron chi connectivity index (χ2n) is 14.1. The maximum Gasteiger partial charge on any atom is 0.160 e. The summed E-state index contributed by atoms with van der Waals surface area (Å²) in [7, 11) is 0. The Morgan fingerprint density at radius 2 is 1.12 bits per heavy atom. The van der Waals surface area contributed by atoms with Crippen molar-refractivity contribution < 1.29 is 0 Å². The van der Waals surface area contributed by atoms with Gasteiger partial charge in [-0.05, 0) is 81.4 Å². The molecular weight excluding hydrogens is 651 g/mol. The third-order valence-corrected chi connectivity index (χ3v) is 11.8. The molecule has 1 aliphatic carbocycles. The molecular formula is C48H33N3S. The van der Waals surface area contributed by atoms with Crippen molar-refractivity contribution in [2.75, 3.05) is 0 Å². The number of hydrogen-bond acceptors (Lipinski definition) is 4. The largest absolute Gasteiger partial charge is 0.264 e. The predicted octanol–water partition coefficient (Wildman–Crippen LogP) is 12.9. The van der Waals surface area contributed by atoms with Gasteiger partial charge in [0.15, 0.2) is 5.82 Å². The Labute approximate surface area is 307 Å². The molecule has 3 heterocycles. The van der Waals surface area contributed by atoms with Crippen molar-refractivity contribution in [1.29, 1.82) is 0 Å². The highest BCUT2D eigenvalue weighted by Crippen LogP contribution is 2.49. The number of fused-ring (bicyclic) bond motifs is 6. The summed E-state index contributed by atoms with van der Waals surface area (Å²) in [6.07, 6.45) is 3.69. The summed E-state index contributed by atoms with van der Waals surface area (Å²) in [5, 5.41) is 2.53. The Morgan fingerprint density at radius 1 is 0.442 bits per heavy atom. The molecule has 9 aromatic rings. The van der Waals surface area contributed by atoms with Crippen LogP contribution in [-0.2, 0) is 5.41 Å². The summed E-state index contributed by atoms with van der Waals surface area (Å²) in [5.74, 6) is 0.693. The fraction of sp³-hybridized carbons (Fsp3) is 0.0625. The van der Waals surface area contributed by atoms with Crippen LogP contribution in [0.25, 0.3) is 87.5 Å². The van der Waals surface area contributed by atoms with Gasteiger partial charge in [0.1, 0.15) is 0 Å². The molecule has 0 radical (unpaired) electrons. The Hall–Kier alpha value is -6.23. The maximum atomic E-state index is 5.21. The van der Waals surface area contributed by atoms with Crippen molar-refractivity contribution in [3.63, 3.8) is 0 Å². The molecule has 0 amide bonds. The first-order valence-corrected chi connectivity index (χ1v) is 18.5. The molecule has 0 fully saturated rings. The minimum Gasteiger partial charge on any atom is -0.264 e. The molecule has 0 spiro atoms. The second kappa shape index (κ2) is 11.9. The van der Waals surface area contributed by atoms with Gasteiger partial charge in [-0.15, -0.1) is 11.3 Å². The third kappa shape index (κ3) is 5.06. The Morgan fingerprint density at radius 3 is 1.98 bits per heavy atom. The van der Waals surface area contributed by atoms with Gasteiger partial charge in [-0.3, -0.25) is 4.98 Å². The van der Waals surface area contributed by atoms with Crippen LogP contribution in [-0.4, -0.2) is 15.0 Å². The van der Waals surface area contributed by atoms with Crippen LogP contribution in [0, 0.1) is 0 Å². The smallest absolute Gasteiger partial charge is 0.160 e. The molecule has 0 unspecified atom stereocenters. The molecule has 0 N–H and O–H groups in total. The van der Waals surface area contributed by atoms with E-state index in [9.17, 15) is 0 Å². The molecule has 0 bridgehead atoms. The van der Waals surface area contributed by atoms with Crippen molar-refractivity contribution in [3.05, 3.63) is 175 Å². The standard InChI is InChI=1S/C48H33N3S/c1-48(2)41-14-5-3-12-37(41)38-22-20-33(27-42(38)48)30-16-18-31(19-17-30)43-28-44(34-21-23-46-40(26-34)39-13-4-6-15-45(39)52-46)51-47(50-43)35-10-7-9-32(25-35)36-11-8-24-49-29-36/h3-29H,1-2H3. The first kappa shape index (κ1) is 30.6. The highest BCUT2D eigenvalue weighted by Gasteiger charge is 2.35. The van der Waals surface area contributed by atoms with Crippen molar-refractivity contribution in [2.45, 2.75) is 19.3 Å². The summed E-state index contributed by atoms with van der Waals surface area (Å²) in [6.45, 7) is 4.67. The van der Waals surface area contributed by atoms with E-state index in [2.05, 4.69) is 164 Å². The minimum absolute atomic E-state index is 0.0394. The number of benzene rings is 6. The van der Waals surface area contributed by atoms with Gasteiger partial charge in [0, 0.05) is 60.2 Å². The zero-order chi connectivity index (χ0) is 34.8. The van der Waals surface area contributed by atoms with Gasteiger partial charge >= 0.3 is 0 Å². The van der Waals surface area contributed by atoms with Crippen LogP contribution >= 0.6 is 11.3 Å². The first-order valence-electron chi connectivity index (χ1n) is 17.7. The molecule has 4 heteroatoms. The summed E-state index contributed by atoms with van der Waals surface area (Å²) in [5.41, 5.74) is 14.8. The zero-order valence-corrected chi connectivity index (χ0v) is 29.7. The molecule has 6 aromatic carbocycles. The zero-order valence-electron chi connectivity index (χ0n) is 28.8.